The van der Waals surface area contributed by atoms with Crippen molar-refractivity contribution >= 4 is 0 Å². The first-order valence-electron chi connectivity index (χ1n) is 4.58. The van der Waals surface area contributed by atoms with Gasteiger partial charge in [0.05, 0.1) is 7.11 Å². The molecule has 84 valence electrons. The first-order valence-corrected chi connectivity index (χ1v) is 4.58. The van der Waals surface area contributed by atoms with Crippen LogP contribution in [0.25, 0.3) is 0 Å². The predicted molar refractivity (Wildman–Crippen MR) is 53.5 cm³/mol. The van der Waals surface area contributed by atoms with Crippen molar-refractivity contribution in [2.75, 3.05) is 13.7 Å². The van der Waals surface area contributed by atoms with Crippen LogP contribution in [0, 0.1) is 11.6 Å². The molecule has 5 heteroatoms. The summed E-state index contributed by atoms with van der Waals surface area (Å²) >= 11 is 0. The second-order valence-electron chi connectivity index (χ2n) is 3.19. The zero-order valence-corrected chi connectivity index (χ0v) is 8.47. The minimum Gasteiger partial charge on any atom is -0.494 e. The summed E-state index contributed by atoms with van der Waals surface area (Å²) in [6.07, 6.45) is 0.405. The van der Waals surface area contributed by atoms with Gasteiger partial charge in [0.1, 0.15) is 5.82 Å². The molecule has 0 heterocycles. The van der Waals surface area contributed by atoms with Gasteiger partial charge in [-0.05, 0) is 19.0 Å². The lowest BCUT2D eigenvalue weighted by atomic mass is 10.0. The summed E-state index contributed by atoms with van der Waals surface area (Å²) in [5.41, 5.74) is 11.1. The maximum absolute atomic E-state index is 13.4. The third-order valence-electron chi connectivity index (χ3n) is 2.15. The van der Waals surface area contributed by atoms with Gasteiger partial charge in [0, 0.05) is 17.7 Å². The van der Waals surface area contributed by atoms with E-state index in [4.69, 9.17) is 11.5 Å². The fourth-order valence-corrected chi connectivity index (χ4v) is 1.32. The molecule has 4 N–H and O–H groups in total. The van der Waals surface area contributed by atoms with Gasteiger partial charge in [0.15, 0.2) is 11.6 Å². The van der Waals surface area contributed by atoms with Crippen LogP contribution in [-0.4, -0.2) is 13.7 Å². The maximum Gasteiger partial charge on any atom is 0.165 e. The Hall–Kier alpha value is -1.20. The van der Waals surface area contributed by atoms with Crippen LogP contribution >= 0.6 is 0 Å². The average molecular weight is 216 g/mol. The molecule has 0 aromatic heterocycles. The van der Waals surface area contributed by atoms with Crippen LogP contribution < -0.4 is 16.2 Å². The van der Waals surface area contributed by atoms with Crippen molar-refractivity contribution in [2.24, 2.45) is 11.5 Å². The lowest BCUT2D eigenvalue weighted by Gasteiger charge is -2.13. The molecule has 0 amide bonds. The van der Waals surface area contributed by atoms with E-state index in [1.165, 1.54) is 7.11 Å². The Morgan fingerprint density at radius 3 is 2.53 bits per heavy atom. The summed E-state index contributed by atoms with van der Waals surface area (Å²) in [5.74, 6) is -1.33. The van der Waals surface area contributed by atoms with Crippen molar-refractivity contribution in [3.63, 3.8) is 0 Å². The molecule has 0 bridgehead atoms. The second-order valence-corrected chi connectivity index (χ2v) is 3.19. The van der Waals surface area contributed by atoms with Crippen LogP contribution in [-0.2, 0) is 0 Å². The highest BCUT2D eigenvalue weighted by atomic mass is 19.1. The fourth-order valence-electron chi connectivity index (χ4n) is 1.32. The van der Waals surface area contributed by atoms with Gasteiger partial charge in [-0.1, -0.05) is 0 Å². The fraction of sp³-hybridized carbons (Fsp3) is 0.400. The van der Waals surface area contributed by atoms with E-state index in [1.54, 1.807) is 0 Å². The molecule has 0 radical (unpaired) electrons. The molecule has 0 saturated heterocycles. The van der Waals surface area contributed by atoms with Gasteiger partial charge in [-0.3, -0.25) is 0 Å². The molecule has 3 nitrogen and oxygen atoms in total. The zero-order valence-electron chi connectivity index (χ0n) is 8.47. The normalized spacial score (nSPS) is 12.6. The van der Waals surface area contributed by atoms with Gasteiger partial charge < -0.3 is 16.2 Å². The van der Waals surface area contributed by atoms with Crippen LogP contribution in [0.1, 0.15) is 18.0 Å². The molecule has 1 aromatic rings. The third-order valence-corrected chi connectivity index (χ3v) is 2.15. The standard InChI is InChI=1S/C10H14F2N2O/c1-15-10-5-7(11)6(4-8(10)12)9(14)2-3-13/h4-5,9H,2-3,13-14H2,1H3. The van der Waals surface area contributed by atoms with Crippen LogP contribution in [0.3, 0.4) is 0 Å². The smallest absolute Gasteiger partial charge is 0.165 e. The molecular formula is C10H14F2N2O. The molecule has 1 rings (SSSR count). The van der Waals surface area contributed by atoms with Gasteiger partial charge in [0.2, 0.25) is 0 Å². The van der Waals surface area contributed by atoms with Gasteiger partial charge in [-0.2, -0.15) is 0 Å². The second kappa shape index (κ2) is 5.04. The first-order chi connectivity index (χ1) is 7.10. The topological polar surface area (TPSA) is 61.3 Å². The molecule has 0 fully saturated rings. The number of hydrogen-bond acceptors (Lipinski definition) is 3. The molecule has 0 spiro atoms. The Morgan fingerprint density at radius 2 is 2.00 bits per heavy atom. The molecule has 1 aromatic carbocycles. The summed E-state index contributed by atoms with van der Waals surface area (Å²) in [6, 6.07) is 1.45. The highest BCUT2D eigenvalue weighted by molar-refractivity contribution is 5.32. The van der Waals surface area contributed by atoms with E-state index in [-0.39, 0.29) is 11.3 Å². The number of halogens is 2. The van der Waals surface area contributed by atoms with E-state index < -0.39 is 17.7 Å². The first kappa shape index (κ1) is 11.9. The Morgan fingerprint density at radius 1 is 1.33 bits per heavy atom. The molecule has 15 heavy (non-hydrogen) atoms. The summed E-state index contributed by atoms with van der Waals surface area (Å²) < 4.78 is 31.3. The molecule has 0 aliphatic rings. The lowest BCUT2D eigenvalue weighted by Crippen LogP contribution is -2.17. The van der Waals surface area contributed by atoms with E-state index in [9.17, 15) is 8.78 Å². The van der Waals surface area contributed by atoms with Crippen molar-refractivity contribution in [3.8, 4) is 5.75 Å². The minimum atomic E-state index is -0.624. The van der Waals surface area contributed by atoms with Crippen LogP contribution in [0.2, 0.25) is 0 Å². The zero-order chi connectivity index (χ0) is 11.4. The van der Waals surface area contributed by atoms with Crippen LogP contribution in [0.5, 0.6) is 5.75 Å². The van der Waals surface area contributed by atoms with Crippen molar-refractivity contribution in [3.05, 3.63) is 29.3 Å². The quantitative estimate of drug-likeness (QED) is 0.798. The van der Waals surface area contributed by atoms with Crippen molar-refractivity contribution in [1.82, 2.24) is 0 Å². The van der Waals surface area contributed by atoms with Gasteiger partial charge in [-0.25, -0.2) is 8.78 Å². The van der Waals surface area contributed by atoms with Gasteiger partial charge >= 0.3 is 0 Å². The predicted octanol–water partition coefficient (Wildman–Crippen LogP) is 1.32. The number of nitrogens with two attached hydrogens (primary N) is 2. The summed E-state index contributed by atoms with van der Waals surface area (Å²) in [6.45, 7) is 0.328. The largest absolute Gasteiger partial charge is 0.494 e. The number of methoxy groups -OCH3 is 1. The molecule has 0 saturated carbocycles. The van der Waals surface area contributed by atoms with Crippen LogP contribution in [0.15, 0.2) is 12.1 Å². The number of hydrogen-bond donors (Lipinski definition) is 2. The van der Waals surface area contributed by atoms with E-state index in [0.29, 0.717) is 13.0 Å². The Balaban J connectivity index is 3.04. The SMILES string of the molecule is COc1cc(F)c(C(N)CCN)cc1F. The molecule has 0 aliphatic carbocycles. The summed E-state index contributed by atoms with van der Waals surface area (Å²) in [4.78, 5) is 0. The van der Waals surface area contributed by atoms with Gasteiger partial charge in [-0.15, -0.1) is 0 Å². The third kappa shape index (κ3) is 2.64. The van der Waals surface area contributed by atoms with Crippen molar-refractivity contribution in [1.29, 1.82) is 0 Å². The Kier molecular flexibility index (Phi) is 3.99. The monoisotopic (exact) mass is 216 g/mol. The van der Waals surface area contributed by atoms with E-state index >= 15 is 0 Å². The summed E-state index contributed by atoms with van der Waals surface area (Å²) in [5, 5.41) is 0. The number of ether oxygens (including phenoxy) is 1. The number of benzene rings is 1. The van der Waals surface area contributed by atoms with Crippen molar-refractivity contribution in [2.45, 2.75) is 12.5 Å². The van der Waals surface area contributed by atoms with Crippen molar-refractivity contribution < 1.29 is 13.5 Å². The van der Waals surface area contributed by atoms with Gasteiger partial charge in [0.25, 0.3) is 0 Å². The average Bonchev–Trinajstić information content (AvgIpc) is 2.21. The Labute approximate surface area is 87.0 Å². The van der Waals surface area contributed by atoms with E-state index in [0.717, 1.165) is 12.1 Å². The minimum absolute atomic E-state index is 0.124. The summed E-state index contributed by atoms with van der Waals surface area (Å²) in [7, 11) is 1.28. The molecule has 1 atom stereocenters. The van der Waals surface area contributed by atoms with E-state index in [2.05, 4.69) is 4.74 Å². The Bertz CT molecular complexity index is 344. The molecule has 0 aliphatic heterocycles. The lowest BCUT2D eigenvalue weighted by molar-refractivity contribution is 0.381. The maximum atomic E-state index is 13.4. The highest BCUT2D eigenvalue weighted by Crippen LogP contribution is 2.25. The highest BCUT2D eigenvalue weighted by Gasteiger charge is 2.15. The van der Waals surface area contributed by atoms with Crippen LogP contribution in [0.4, 0.5) is 8.78 Å². The van der Waals surface area contributed by atoms with E-state index in [1.807, 2.05) is 0 Å². The molecule has 1 unspecified atom stereocenters. The molecular weight excluding hydrogens is 202 g/mol. The number of rotatable bonds is 4.